The topological polar surface area (TPSA) is 44.8 Å². The maximum Gasteiger partial charge on any atom is 0.373 e. The number of unbranched alkanes of at least 4 members (excludes halogenated alkanes) is 1. The van der Waals surface area contributed by atoms with Crippen LogP contribution < -0.4 is 0 Å². The summed E-state index contributed by atoms with van der Waals surface area (Å²) in [5.74, 6) is -0.502. The molecule has 0 unspecified atom stereocenters. The molecular weight excluding hydrogens is 244 g/mol. The molecule has 105 valence electrons. The van der Waals surface area contributed by atoms with Crippen LogP contribution >= 0.6 is 0 Å². The summed E-state index contributed by atoms with van der Waals surface area (Å²) < 4.78 is 4.84. The fourth-order valence-corrected chi connectivity index (χ4v) is 1.57. The highest BCUT2D eigenvalue weighted by Gasteiger charge is 2.11. The molecule has 0 saturated carbocycles. The zero-order valence-corrected chi connectivity index (χ0v) is 11.8. The summed E-state index contributed by atoms with van der Waals surface area (Å²) >= 11 is 0. The second kappa shape index (κ2) is 8.67. The Morgan fingerprint density at radius 2 is 1.84 bits per heavy atom. The number of carbonyl (C=O) groups is 1. The first kappa shape index (κ1) is 15.7. The molecule has 4 heteroatoms. The fraction of sp³-hybridized carbons (Fsp3) is 0.467. The second-order valence-corrected chi connectivity index (χ2v) is 4.39. The predicted octanol–water partition coefficient (Wildman–Crippen LogP) is 3.32. The Bertz CT molecular complexity index is 372. The van der Waals surface area contributed by atoms with Crippen molar-refractivity contribution < 1.29 is 19.3 Å². The van der Waals surface area contributed by atoms with Gasteiger partial charge < -0.3 is 4.74 Å². The van der Waals surface area contributed by atoms with Crippen molar-refractivity contribution in [2.75, 3.05) is 13.7 Å². The van der Waals surface area contributed by atoms with Crippen molar-refractivity contribution >= 4 is 5.97 Å². The molecule has 0 aliphatic heterocycles. The van der Waals surface area contributed by atoms with Gasteiger partial charge in [0, 0.05) is 7.11 Å². The van der Waals surface area contributed by atoms with E-state index in [9.17, 15) is 4.79 Å². The van der Waals surface area contributed by atoms with Crippen LogP contribution in [0.2, 0.25) is 0 Å². The van der Waals surface area contributed by atoms with E-state index < -0.39 is 5.97 Å². The van der Waals surface area contributed by atoms with Crippen LogP contribution in [0.5, 0.6) is 0 Å². The lowest BCUT2D eigenvalue weighted by atomic mass is 10.1. The number of carbonyl (C=O) groups excluding carboxylic acids is 1. The summed E-state index contributed by atoms with van der Waals surface area (Å²) in [6.07, 6.45) is 3.84. The van der Waals surface area contributed by atoms with Gasteiger partial charge in [0.1, 0.15) is 0 Å². The van der Waals surface area contributed by atoms with Crippen LogP contribution in [0, 0.1) is 6.10 Å². The van der Waals surface area contributed by atoms with Gasteiger partial charge in [0.05, 0.1) is 12.2 Å². The van der Waals surface area contributed by atoms with Gasteiger partial charge in [-0.2, -0.15) is 4.89 Å². The molecule has 1 aromatic rings. The van der Waals surface area contributed by atoms with E-state index in [-0.39, 0.29) is 0 Å². The highest BCUT2D eigenvalue weighted by Crippen LogP contribution is 2.10. The van der Waals surface area contributed by atoms with Crippen molar-refractivity contribution in [2.24, 2.45) is 0 Å². The number of rotatable bonds is 8. The van der Waals surface area contributed by atoms with E-state index in [0.29, 0.717) is 18.3 Å². The molecule has 0 fully saturated rings. The first-order valence-corrected chi connectivity index (χ1v) is 6.46. The van der Waals surface area contributed by atoms with Crippen molar-refractivity contribution in [1.82, 2.24) is 0 Å². The molecule has 1 rings (SSSR count). The lowest BCUT2D eigenvalue weighted by Crippen LogP contribution is -2.11. The van der Waals surface area contributed by atoms with Gasteiger partial charge in [-0.3, -0.25) is 4.89 Å². The Labute approximate surface area is 114 Å². The number of hydrogen-bond donors (Lipinski definition) is 0. The van der Waals surface area contributed by atoms with Crippen molar-refractivity contribution in [3.63, 3.8) is 0 Å². The maximum absolute atomic E-state index is 11.7. The minimum atomic E-state index is -0.502. The Kier molecular flexibility index (Phi) is 7.15. The normalized spacial score (nSPS) is 10.7. The van der Waals surface area contributed by atoms with E-state index >= 15 is 0 Å². The summed E-state index contributed by atoms with van der Waals surface area (Å²) in [4.78, 5) is 21.2. The molecule has 0 saturated heterocycles. The average molecular weight is 265 g/mol. The predicted molar refractivity (Wildman–Crippen MR) is 72.3 cm³/mol. The zero-order chi connectivity index (χ0) is 14.1. The molecule has 0 bridgehead atoms. The van der Waals surface area contributed by atoms with E-state index in [0.717, 1.165) is 19.3 Å². The molecule has 0 amide bonds. The second-order valence-electron chi connectivity index (χ2n) is 4.39. The summed E-state index contributed by atoms with van der Waals surface area (Å²) in [5, 5.41) is 0. The van der Waals surface area contributed by atoms with Crippen LogP contribution in [-0.4, -0.2) is 19.7 Å². The Hall–Kier alpha value is -1.39. The molecule has 0 aliphatic rings. The molecule has 0 aromatic heterocycles. The van der Waals surface area contributed by atoms with Crippen LogP contribution in [0.4, 0.5) is 0 Å². The first-order chi connectivity index (χ1) is 9.17. The van der Waals surface area contributed by atoms with Gasteiger partial charge in [-0.05, 0) is 37.5 Å². The van der Waals surface area contributed by atoms with Gasteiger partial charge in [-0.15, -0.1) is 0 Å². The molecule has 1 radical (unpaired) electrons. The standard InChI is InChI=1S/C15H21O4/c1-4-5-6-13-7-9-14(10-8-13)15(16)19-18-12(2)11-17-3/h7-10H,4-6,11H2,1-3H3. The molecule has 0 atom stereocenters. The van der Waals surface area contributed by atoms with Crippen LogP contribution in [0.25, 0.3) is 0 Å². The van der Waals surface area contributed by atoms with Crippen LogP contribution in [-0.2, 0) is 20.9 Å². The maximum atomic E-state index is 11.7. The van der Waals surface area contributed by atoms with Crippen LogP contribution in [0.15, 0.2) is 24.3 Å². The highest BCUT2D eigenvalue weighted by atomic mass is 17.2. The molecular formula is C15H21O4. The first-order valence-electron chi connectivity index (χ1n) is 6.46. The van der Waals surface area contributed by atoms with Gasteiger partial charge in [0.15, 0.2) is 6.10 Å². The summed E-state index contributed by atoms with van der Waals surface area (Å²) in [6.45, 7) is 4.13. The molecule has 4 nitrogen and oxygen atoms in total. The Morgan fingerprint density at radius 1 is 1.16 bits per heavy atom. The van der Waals surface area contributed by atoms with Gasteiger partial charge in [0.25, 0.3) is 0 Å². The van der Waals surface area contributed by atoms with E-state index in [1.807, 2.05) is 12.1 Å². The summed E-state index contributed by atoms with van der Waals surface area (Å²) in [5.41, 5.74) is 1.70. The molecule has 19 heavy (non-hydrogen) atoms. The molecule has 0 aliphatic carbocycles. The zero-order valence-electron chi connectivity index (χ0n) is 11.8. The fourth-order valence-electron chi connectivity index (χ4n) is 1.57. The number of methoxy groups -OCH3 is 1. The number of benzene rings is 1. The minimum absolute atomic E-state index is 0.295. The Morgan fingerprint density at radius 3 is 2.42 bits per heavy atom. The minimum Gasteiger partial charge on any atom is -0.381 e. The largest absolute Gasteiger partial charge is 0.381 e. The number of aryl methyl sites for hydroxylation is 1. The van der Waals surface area contributed by atoms with Crippen molar-refractivity contribution in [1.29, 1.82) is 0 Å². The molecule has 0 heterocycles. The van der Waals surface area contributed by atoms with E-state index in [4.69, 9.17) is 14.5 Å². The van der Waals surface area contributed by atoms with E-state index in [1.165, 1.54) is 5.56 Å². The molecule has 0 N–H and O–H groups in total. The lowest BCUT2D eigenvalue weighted by molar-refractivity contribution is -0.237. The van der Waals surface area contributed by atoms with Crippen molar-refractivity contribution in [3.8, 4) is 0 Å². The SMILES string of the molecule is CCCCc1ccc(C(=O)OO[C](C)COC)cc1. The molecule has 0 spiro atoms. The summed E-state index contributed by atoms with van der Waals surface area (Å²) in [7, 11) is 1.55. The van der Waals surface area contributed by atoms with Crippen molar-refractivity contribution in [2.45, 2.75) is 33.1 Å². The van der Waals surface area contributed by atoms with Crippen molar-refractivity contribution in [3.05, 3.63) is 41.5 Å². The average Bonchev–Trinajstić information content (AvgIpc) is 2.43. The highest BCUT2D eigenvalue weighted by molar-refractivity contribution is 5.88. The monoisotopic (exact) mass is 265 g/mol. The van der Waals surface area contributed by atoms with Gasteiger partial charge >= 0.3 is 5.97 Å². The quantitative estimate of drug-likeness (QED) is 0.534. The van der Waals surface area contributed by atoms with Gasteiger partial charge in [-0.25, -0.2) is 4.79 Å². The Balaban J connectivity index is 2.44. The third-order valence-electron chi connectivity index (χ3n) is 2.62. The molecule has 1 aromatic carbocycles. The lowest BCUT2D eigenvalue weighted by Gasteiger charge is -2.09. The van der Waals surface area contributed by atoms with Gasteiger partial charge in [-0.1, -0.05) is 25.5 Å². The number of hydrogen-bond acceptors (Lipinski definition) is 4. The van der Waals surface area contributed by atoms with Crippen LogP contribution in [0.3, 0.4) is 0 Å². The van der Waals surface area contributed by atoms with Crippen LogP contribution in [0.1, 0.15) is 42.6 Å². The number of ether oxygens (including phenoxy) is 1. The van der Waals surface area contributed by atoms with Gasteiger partial charge in [0.2, 0.25) is 0 Å². The third kappa shape index (κ3) is 5.85. The van der Waals surface area contributed by atoms with E-state index in [2.05, 4.69) is 6.92 Å². The smallest absolute Gasteiger partial charge is 0.373 e. The third-order valence-corrected chi connectivity index (χ3v) is 2.62. The summed E-state index contributed by atoms with van der Waals surface area (Å²) in [6, 6.07) is 7.39. The van der Waals surface area contributed by atoms with E-state index in [1.54, 1.807) is 26.2 Å².